The molecule has 0 spiro atoms. The molecule has 0 bridgehead atoms. The van der Waals surface area contributed by atoms with E-state index in [4.69, 9.17) is 0 Å². The first-order chi connectivity index (χ1) is 1.91. The molecule has 0 aromatic carbocycles. The third-order valence-electron chi connectivity index (χ3n) is 0.102. The molecule has 0 unspecified atom stereocenters. The van der Waals surface area contributed by atoms with Crippen LogP contribution in [0.3, 0.4) is 0 Å². The third kappa shape index (κ3) is 1.78. The van der Waals surface area contributed by atoms with Crippen LogP contribution in [0.1, 0.15) is 6.92 Å². The van der Waals surface area contributed by atoms with Gasteiger partial charge in [0.1, 0.15) is 0 Å². The zero-order valence-corrected chi connectivity index (χ0v) is 3.22. The van der Waals surface area contributed by atoms with Gasteiger partial charge in [-0.2, -0.15) is 0 Å². The van der Waals surface area contributed by atoms with Gasteiger partial charge >= 0.3 is 0 Å². The van der Waals surface area contributed by atoms with E-state index in [1.165, 1.54) is 0 Å². The lowest BCUT2D eigenvalue weighted by Gasteiger charge is -1.67. The topological polar surface area (TPSA) is 0 Å². The third-order valence-corrected chi connectivity index (χ3v) is 0.306. The molecule has 0 aliphatic heterocycles. The first-order valence-corrected chi connectivity index (χ1v) is 1.36. The average Bonchev–Trinajstić information content (AvgIpc) is 1.37. The molecule has 0 radical (unpaired) electrons. The summed E-state index contributed by atoms with van der Waals surface area (Å²) in [5.41, 5.74) is 0. The van der Waals surface area contributed by atoms with Crippen LogP contribution in [0.5, 0.6) is 0 Å². The summed E-state index contributed by atoms with van der Waals surface area (Å²) in [6.07, 6.45) is 0. The summed E-state index contributed by atoms with van der Waals surface area (Å²) in [7, 11) is 0. The Hall–Kier alpha value is -0.220. The summed E-state index contributed by atoms with van der Waals surface area (Å²) in [6, 6.07) is 0. The molecule has 0 nitrogen and oxygen atoms in total. The van der Waals surface area contributed by atoms with Crippen molar-refractivity contribution in [2.45, 2.75) is 6.92 Å². The van der Waals surface area contributed by atoms with E-state index >= 15 is 0 Å². The first-order valence-electron chi connectivity index (χ1n) is 0.954. The Morgan fingerprint density at radius 2 is 2.00 bits per heavy atom. The fourth-order valence-corrected chi connectivity index (χ4v) is 0. The van der Waals surface area contributed by atoms with Gasteiger partial charge in [0, 0.05) is 0 Å². The lowest BCUT2D eigenvalue weighted by molar-refractivity contribution is 1.94. The van der Waals surface area contributed by atoms with Crippen LogP contribution in [0.2, 0.25) is 0 Å². The summed E-state index contributed by atoms with van der Waals surface area (Å²) >= 11 is 4.19. The molecule has 0 aromatic heterocycles. The van der Waals surface area contributed by atoms with Crippen molar-refractivity contribution in [2.75, 3.05) is 0 Å². The lowest BCUT2D eigenvalue weighted by Crippen LogP contribution is -1.30. The van der Waals surface area contributed by atoms with Gasteiger partial charge in [0.25, 0.3) is 0 Å². The zero-order chi connectivity index (χ0) is 3.41. The van der Waals surface area contributed by atoms with Gasteiger partial charge in [-0.3, -0.25) is 0 Å². The van der Waals surface area contributed by atoms with Gasteiger partial charge in [-0.1, -0.05) is 0 Å². The highest BCUT2D eigenvalue weighted by Crippen LogP contribution is 1.36. The maximum atomic E-state index is 4.19. The van der Waals surface area contributed by atoms with E-state index in [9.17, 15) is 0 Å². The van der Waals surface area contributed by atoms with Crippen LogP contribution in [0.4, 0.5) is 0 Å². The normalized spacial score (nSPS) is 3.25. The molecule has 0 heterocycles. The highest BCUT2D eigenvalue weighted by molar-refractivity contribution is 7.64. The minimum Gasteiger partial charge on any atom is -0.725 e. The average molecular weight is 71.1 g/mol. The highest BCUT2D eigenvalue weighted by atomic mass is 32.1. The largest absolute Gasteiger partial charge is 0.725 e. The second kappa shape index (κ2) is 2.78. The van der Waals surface area contributed by atoms with Crippen LogP contribution in [0.25, 0.3) is 0 Å². The zero-order valence-electron chi connectivity index (χ0n) is 2.41. The van der Waals surface area contributed by atoms with E-state index in [1.54, 1.807) is 6.92 Å². The van der Waals surface area contributed by atoms with Crippen molar-refractivity contribution in [2.24, 2.45) is 0 Å². The second-order valence-corrected chi connectivity index (χ2v) is 0.556. The van der Waals surface area contributed by atoms with Crippen LogP contribution >= 0.6 is 0 Å². The molecule has 4 heavy (non-hydrogen) atoms. The Bertz CT molecular complexity index is 40.0. The fourth-order valence-electron chi connectivity index (χ4n) is 0. The maximum Gasteiger partial charge on any atom is -0.00449 e. The van der Waals surface area contributed by atoms with E-state index in [0.717, 1.165) is 0 Å². The molecule has 0 aromatic rings. The van der Waals surface area contributed by atoms with E-state index < -0.39 is 0 Å². The molecule has 0 atom stereocenters. The molecular formula is C3H3S-. The summed E-state index contributed by atoms with van der Waals surface area (Å²) < 4.78 is 0. The molecule has 0 saturated carbocycles. The lowest BCUT2D eigenvalue weighted by atomic mass is 10.9. The molecule has 1 heteroatoms. The van der Waals surface area contributed by atoms with Crippen LogP contribution in [0.15, 0.2) is 0 Å². The molecule has 0 saturated heterocycles. The molecule has 0 rings (SSSR count). The van der Waals surface area contributed by atoms with Crippen molar-refractivity contribution in [3.05, 3.63) is 0 Å². The van der Waals surface area contributed by atoms with Crippen molar-refractivity contribution < 1.29 is 0 Å². The Morgan fingerprint density at radius 1 is 1.75 bits per heavy atom. The Labute approximate surface area is 31.6 Å². The Morgan fingerprint density at radius 3 is 2.00 bits per heavy atom. The van der Waals surface area contributed by atoms with Gasteiger partial charge in [-0.05, 0) is 6.92 Å². The SMILES string of the molecule is CC#C[S-]. The quantitative estimate of drug-likeness (QED) is 0.296. The first kappa shape index (κ1) is 3.78. The number of hydrogen-bond acceptors (Lipinski definition) is 1. The molecule has 0 aliphatic carbocycles. The predicted molar refractivity (Wildman–Crippen MR) is 20.8 cm³/mol. The van der Waals surface area contributed by atoms with Crippen LogP contribution in [-0.4, -0.2) is 0 Å². The second-order valence-electron chi connectivity index (χ2n) is 0.352. The van der Waals surface area contributed by atoms with Gasteiger partial charge in [0.2, 0.25) is 0 Å². The van der Waals surface area contributed by atoms with Gasteiger partial charge in [-0.25, -0.2) is 5.25 Å². The van der Waals surface area contributed by atoms with Crippen molar-refractivity contribution >= 4 is 12.6 Å². The summed E-state index contributed by atoms with van der Waals surface area (Å²) in [5, 5.41) is 2.26. The molecule has 22 valence electrons. The summed E-state index contributed by atoms with van der Waals surface area (Å²) in [6.45, 7) is 1.72. The predicted octanol–water partition coefficient (Wildman–Crippen LogP) is 0.514. The van der Waals surface area contributed by atoms with Crippen LogP contribution in [-0.2, 0) is 12.6 Å². The standard InChI is InChI=1S/C3H4S/c1-2-3-4/h4H,1H3/p-1. The van der Waals surface area contributed by atoms with Crippen LogP contribution in [0, 0.1) is 11.2 Å². The molecule has 0 fully saturated rings. The summed E-state index contributed by atoms with van der Waals surface area (Å²) in [4.78, 5) is 0. The van der Waals surface area contributed by atoms with Crippen molar-refractivity contribution in [3.8, 4) is 11.2 Å². The van der Waals surface area contributed by atoms with Crippen molar-refractivity contribution in [1.29, 1.82) is 0 Å². The smallest absolute Gasteiger partial charge is 0.00449 e. The maximum absolute atomic E-state index is 4.19. The molecule has 0 aliphatic rings. The Balaban J connectivity index is 2.83. The summed E-state index contributed by atoms with van der Waals surface area (Å²) in [5.74, 6) is 2.50. The van der Waals surface area contributed by atoms with E-state index in [0.29, 0.717) is 0 Å². The van der Waals surface area contributed by atoms with E-state index in [2.05, 4.69) is 23.8 Å². The van der Waals surface area contributed by atoms with Crippen molar-refractivity contribution in [3.63, 3.8) is 0 Å². The van der Waals surface area contributed by atoms with Gasteiger partial charge in [0.05, 0.1) is 0 Å². The Kier molecular flexibility index (Phi) is 2.63. The van der Waals surface area contributed by atoms with Gasteiger partial charge in [0.15, 0.2) is 0 Å². The molecule has 0 N–H and O–H groups in total. The van der Waals surface area contributed by atoms with E-state index in [-0.39, 0.29) is 0 Å². The van der Waals surface area contributed by atoms with Gasteiger partial charge < -0.3 is 12.6 Å². The van der Waals surface area contributed by atoms with Gasteiger partial charge in [-0.15, -0.1) is 5.92 Å². The van der Waals surface area contributed by atoms with Crippen molar-refractivity contribution in [1.82, 2.24) is 0 Å². The monoisotopic (exact) mass is 71.0 g/mol. The fraction of sp³-hybridized carbons (Fsp3) is 0.333. The van der Waals surface area contributed by atoms with Crippen LogP contribution < -0.4 is 0 Å². The highest BCUT2D eigenvalue weighted by Gasteiger charge is 1.14. The minimum absolute atomic E-state index is 1.72. The number of hydrogen-bond donors (Lipinski definition) is 0. The minimum atomic E-state index is 1.72. The molecule has 0 amide bonds. The number of rotatable bonds is 0. The van der Waals surface area contributed by atoms with E-state index in [1.807, 2.05) is 0 Å². The molecular weight excluding hydrogens is 68.1 g/mol.